The van der Waals surface area contributed by atoms with E-state index in [0.717, 1.165) is 17.7 Å². The van der Waals surface area contributed by atoms with E-state index in [0.29, 0.717) is 19.2 Å². The van der Waals surface area contributed by atoms with Gasteiger partial charge in [0.1, 0.15) is 11.5 Å². The fourth-order valence-corrected chi connectivity index (χ4v) is 1.61. The highest BCUT2D eigenvalue weighted by molar-refractivity contribution is 5.39. The molecule has 1 rings (SSSR count). The molecule has 0 spiro atoms. The molecule has 96 valence electrons. The quantitative estimate of drug-likeness (QED) is 0.763. The molecule has 0 radical (unpaired) electrons. The summed E-state index contributed by atoms with van der Waals surface area (Å²) in [7, 11) is 3.30. The Kier molecular flexibility index (Phi) is 5.80. The summed E-state index contributed by atoms with van der Waals surface area (Å²) in [5.41, 5.74) is 0.832. The van der Waals surface area contributed by atoms with Crippen molar-refractivity contribution in [3.05, 3.63) is 23.8 Å². The van der Waals surface area contributed by atoms with Crippen molar-refractivity contribution in [2.24, 2.45) is 0 Å². The Hall–Kier alpha value is -1.26. The SMILES string of the molecule is CCC(COC)NCc1cc(OC)ccc1O. The molecule has 1 aromatic carbocycles. The first-order valence-corrected chi connectivity index (χ1v) is 5.79. The van der Waals surface area contributed by atoms with E-state index < -0.39 is 0 Å². The smallest absolute Gasteiger partial charge is 0.120 e. The molecule has 1 unspecified atom stereocenters. The van der Waals surface area contributed by atoms with Crippen LogP contribution in [-0.2, 0) is 11.3 Å². The van der Waals surface area contributed by atoms with Crippen LogP contribution in [0.3, 0.4) is 0 Å². The molecule has 0 heterocycles. The van der Waals surface area contributed by atoms with Gasteiger partial charge in [0, 0.05) is 25.3 Å². The van der Waals surface area contributed by atoms with Crippen LogP contribution in [-0.4, -0.2) is 32.0 Å². The third-order valence-corrected chi connectivity index (χ3v) is 2.73. The van der Waals surface area contributed by atoms with Crippen LogP contribution in [0, 0.1) is 0 Å². The number of aromatic hydroxyl groups is 1. The summed E-state index contributed by atoms with van der Waals surface area (Å²) >= 11 is 0. The maximum atomic E-state index is 9.72. The fourth-order valence-electron chi connectivity index (χ4n) is 1.61. The minimum absolute atomic E-state index is 0.283. The van der Waals surface area contributed by atoms with E-state index >= 15 is 0 Å². The average Bonchev–Trinajstić information content (AvgIpc) is 2.36. The van der Waals surface area contributed by atoms with Gasteiger partial charge in [0.25, 0.3) is 0 Å². The number of benzene rings is 1. The molecule has 1 atom stereocenters. The van der Waals surface area contributed by atoms with Crippen molar-refractivity contribution in [3.8, 4) is 11.5 Å². The standard InChI is InChI=1S/C13H21NO3/c1-4-11(9-16-2)14-8-10-7-12(17-3)5-6-13(10)15/h5-7,11,14-15H,4,8-9H2,1-3H3. The highest BCUT2D eigenvalue weighted by Gasteiger charge is 2.08. The van der Waals surface area contributed by atoms with Crippen LogP contribution in [0.1, 0.15) is 18.9 Å². The molecule has 0 saturated carbocycles. The van der Waals surface area contributed by atoms with Gasteiger partial charge in [-0.3, -0.25) is 0 Å². The molecule has 0 bridgehead atoms. The summed E-state index contributed by atoms with van der Waals surface area (Å²) in [5, 5.41) is 13.1. The van der Waals surface area contributed by atoms with Gasteiger partial charge in [0.15, 0.2) is 0 Å². The van der Waals surface area contributed by atoms with Gasteiger partial charge in [-0.05, 0) is 24.6 Å². The molecule has 0 aromatic heterocycles. The van der Waals surface area contributed by atoms with Crippen molar-refractivity contribution in [1.29, 1.82) is 0 Å². The lowest BCUT2D eigenvalue weighted by Crippen LogP contribution is -2.32. The summed E-state index contributed by atoms with van der Waals surface area (Å²) in [5.74, 6) is 1.03. The Bertz CT molecular complexity index is 341. The second kappa shape index (κ2) is 7.14. The molecule has 0 aliphatic heterocycles. The Labute approximate surface area is 103 Å². The van der Waals surface area contributed by atoms with E-state index in [1.165, 1.54) is 0 Å². The maximum Gasteiger partial charge on any atom is 0.120 e. The summed E-state index contributed by atoms with van der Waals surface area (Å²) in [6.07, 6.45) is 0.985. The number of methoxy groups -OCH3 is 2. The van der Waals surface area contributed by atoms with Gasteiger partial charge in [0.05, 0.1) is 13.7 Å². The number of phenolic OH excluding ortho intramolecular Hbond substituents is 1. The summed E-state index contributed by atoms with van der Waals surface area (Å²) in [6.45, 7) is 3.37. The van der Waals surface area contributed by atoms with Crippen LogP contribution >= 0.6 is 0 Å². The minimum Gasteiger partial charge on any atom is -0.508 e. The van der Waals surface area contributed by atoms with E-state index in [4.69, 9.17) is 9.47 Å². The Morgan fingerprint density at radius 2 is 2.12 bits per heavy atom. The van der Waals surface area contributed by atoms with E-state index in [9.17, 15) is 5.11 Å². The van der Waals surface area contributed by atoms with Gasteiger partial charge in [-0.1, -0.05) is 6.92 Å². The monoisotopic (exact) mass is 239 g/mol. The number of hydrogen-bond donors (Lipinski definition) is 2. The van der Waals surface area contributed by atoms with Crippen LogP contribution in [0.25, 0.3) is 0 Å². The first kappa shape index (κ1) is 13.8. The molecule has 0 amide bonds. The Balaban J connectivity index is 2.60. The second-order valence-corrected chi connectivity index (χ2v) is 3.94. The second-order valence-electron chi connectivity index (χ2n) is 3.94. The highest BCUT2D eigenvalue weighted by atomic mass is 16.5. The van der Waals surface area contributed by atoms with Gasteiger partial charge < -0.3 is 19.9 Å². The van der Waals surface area contributed by atoms with Gasteiger partial charge in [-0.25, -0.2) is 0 Å². The van der Waals surface area contributed by atoms with Crippen molar-refractivity contribution in [2.75, 3.05) is 20.8 Å². The normalized spacial score (nSPS) is 12.4. The Morgan fingerprint density at radius 3 is 2.71 bits per heavy atom. The number of phenols is 1. The average molecular weight is 239 g/mol. The lowest BCUT2D eigenvalue weighted by molar-refractivity contribution is 0.163. The predicted octanol–water partition coefficient (Wildman–Crippen LogP) is 1.92. The van der Waals surface area contributed by atoms with E-state index in [-0.39, 0.29) is 5.75 Å². The third-order valence-electron chi connectivity index (χ3n) is 2.73. The van der Waals surface area contributed by atoms with Crippen LogP contribution < -0.4 is 10.1 Å². The van der Waals surface area contributed by atoms with Crippen LogP contribution in [0.15, 0.2) is 18.2 Å². The third kappa shape index (κ3) is 4.24. The van der Waals surface area contributed by atoms with Crippen molar-refractivity contribution in [3.63, 3.8) is 0 Å². The number of hydrogen-bond acceptors (Lipinski definition) is 4. The molecular formula is C13H21NO3. The molecule has 1 aromatic rings. The molecule has 4 heteroatoms. The number of ether oxygens (including phenoxy) is 2. The highest BCUT2D eigenvalue weighted by Crippen LogP contribution is 2.22. The molecule has 0 saturated heterocycles. The summed E-state index contributed by atoms with van der Waals surface area (Å²) < 4.78 is 10.2. The molecule has 4 nitrogen and oxygen atoms in total. The molecule has 0 aliphatic carbocycles. The van der Waals surface area contributed by atoms with Crippen molar-refractivity contribution >= 4 is 0 Å². The zero-order valence-electron chi connectivity index (χ0n) is 10.7. The van der Waals surface area contributed by atoms with Crippen LogP contribution in [0.2, 0.25) is 0 Å². The molecule has 2 N–H and O–H groups in total. The van der Waals surface area contributed by atoms with Crippen LogP contribution in [0.4, 0.5) is 0 Å². The van der Waals surface area contributed by atoms with Crippen molar-refractivity contribution < 1.29 is 14.6 Å². The Morgan fingerprint density at radius 1 is 1.35 bits per heavy atom. The predicted molar refractivity (Wildman–Crippen MR) is 67.5 cm³/mol. The van der Waals surface area contributed by atoms with E-state index in [1.807, 2.05) is 6.07 Å². The lowest BCUT2D eigenvalue weighted by Gasteiger charge is -2.16. The fraction of sp³-hybridized carbons (Fsp3) is 0.538. The van der Waals surface area contributed by atoms with Gasteiger partial charge >= 0.3 is 0 Å². The minimum atomic E-state index is 0.283. The first-order valence-electron chi connectivity index (χ1n) is 5.79. The molecule has 0 aliphatic rings. The largest absolute Gasteiger partial charge is 0.508 e. The lowest BCUT2D eigenvalue weighted by atomic mass is 10.1. The zero-order valence-corrected chi connectivity index (χ0v) is 10.7. The summed E-state index contributed by atoms with van der Waals surface area (Å²) in [4.78, 5) is 0. The molecular weight excluding hydrogens is 218 g/mol. The van der Waals surface area contributed by atoms with Crippen molar-refractivity contribution in [1.82, 2.24) is 5.32 Å². The van der Waals surface area contributed by atoms with E-state index in [2.05, 4.69) is 12.2 Å². The maximum absolute atomic E-state index is 9.72. The van der Waals surface area contributed by atoms with Gasteiger partial charge in [-0.2, -0.15) is 0 Å². The number of rotatable bonds is 7. The molecule has 17 heavy (non-hydrogen) atoms. The topological polar surface area (TPSA) is 50.7 Å². The van der Waals surface area contributed by atoms with Gasteiger partial charge in [-0.15, -0.1) is 0 Å². The molecule has 0 fully saturated rings. The van der Waals surface area contributed by atoms with Crippen LogP contribution in [0.5, 0.6) is 11.5 Å². The first-order chi connectivity index (χ1) is 8.21. The number of nitrogens with one attached hydrogen (secondary N) is 1. The zero-order chi connectivity index (χ0) is 12.7. The van der Waals surface area contributed by atoms with Gasteiger partial charge in [0.2, 0.25) is 0 Å². The summed E-state index contributed by atoms with van der Waals surface area (Å²) in [6, 6.07) is 5.52. The van der Waals surface area contributed by atoms with E-state index in [1.54, 1.807) is 26.4 Å². The van der Waals surface area contributed by atoms with Crippen molar-refractivity contribution in [2.45, 2.75) is 25.9 Å².